The van der Waals surface area contributed by atoms with Crippen LogP contribution in [0.1, 0.15) is 23.2 Å². The molecule has 0 saturated carbocycles. The van der Waals surface area contributed by atoms with Crippen LogP contribution in [0.25, 0.3) is 20.2 Å². The van der Waals surface area contributed by atoms with Crippen molar-refractivity contribution in [2.45, 2.75) is 18.9 Å². The molecule has 0 bridgehead atoms. The van der Waals surface area contributed by atoms with Gasteiger partial charge in [-0.2, -0.15) is 0 Å². The summed E-state index contributed by atoms with van der Waals surface area (Å²) in [7, 11) is 1.52. The summed E-state index contributed by atoms with van der Waals surface area (Å²) < 4.78 is 22.9. The highest BCUT2D eigenvalue weighted by molar-refractivity contribution is 7.24. The minimum absolute atomic E-state index is 0.0227. The van der Waals surface area contributed by atoms with E-state index >= 15 is 0 Å². The van der Waals surface area contributed by atoms with Gasteiger partial charge in [-0.3, -0.25) is 4.79 Å². The number of ether oxygens (including phenoxy) is 4. The van der Waals surface area contributed by atoms with E-state index in [9.17, 15) is 14.4 Å². The summed E-state index contributed by atoms with van der Waals surface area (Å²) in [5, 5.41) is 1.13. The molecule has 0 amide bonds. The lowest BCUT2D eigenvalue weighted by Crippen LogP contribution is -2.26. The Morgan fingerprint density at radius 2 is 1.76 bits per heavy atom. The third-order valence-electron chi connectivity index (χ3n) is 4.94. The van der Waals surface area contributed by atoms with Crippen molar-refractivity contribution in [2.24, 2.45) is 0 Å². The van der Waals surface area contributed by atoms with Gasteiger partial charge >= 0.3 is 11.9 Å². The molecular weight excluding hydrogens is 444 g/mol. The van der Waals surface area contributed by atoms with Crippen LogP contribution in [0.5, 0.6) is 0 Å². The van der Waals surface area contributed by atoms with E-state index in [1.807, 2.05) is 18.2 Å². The zero-order valence-corrected chi connectivity index (χ0v) is 19.2. The maximum absolute atomic E-state index is 12.8. The van der Waals surface area contributed by atoms with Crippen molar-refractivity contribution in [1.29, 1.82) is 0 Å². The monoisotopic (exact) mass is 470 g/mol. The molecule has 174 valence electrons. The summed E-state index contributed by atoms with van der Waals surface area (Å²) in [4.78, 5) is 36.3. The number of rotatable bonds is 12. The summed E-state index contributed by atoms with van der Waals surface area (Å²) in [6.07, 6.45) is 2.09. The Labute approximate surface area is 195 Å². The third-order valence-corrected chi connectivity index (χ3v) is 6.09. The van der Waals surface area contributed by atoms with Gasteiger partial charge in [-0.15, -0.1) is 11.3 Å². The van der Waals surface area contributed by atoms with Gasteiger partial charge in [0, 0.05) is 40.0 Å². The minimum atomic E-state index is -0.527. The molecule has 1 heterocycles. The van der Waals surface area contributed by atoms with Crippen LogP contribution in [0.2, 0.25) is 0 Å². The first-order chi connectivity index (χ1) is 16.0. The number of carbonyl (C=O) groups excluding carboxylic acids is 2. The number of hydrogen-bond acceptors (Lipinski definition) is 8. The molecule has 2 aromatic carbocycles. The van der Waals surface area contributed by atoms with Crippen LogP contribution < -0.4 is 5.43 Å². The maximum atomic E-state index is 12.8. The van der Waals surface area contributed by atoms with Crippen molar-refractivity contribution in [3.8, 4) is 0 Å². The number of hydrogen-bond donors (Lipinski definition) is 0. The highest BCUT2D eigenvalue weighted by Gasteiger charge is 2.15. The minimum Gasteiger partial charge on any atom is -0.463 e. The number of esters is 2. The fourth-order valence-electron chi connectivity index (χ4n) is 3.12. The second kappa shape index (κ2) is 12.2. The van der Waals surface area contributed by atoms with Crippen LogP contribution >= 0.6 is 11.3 Å². The number of methoxy groups -OCH3 is 1. The zero-order valence-electron chi connectivity index (χ0n) is 18.4. The molecular formula is C25H26O7S. The first kappa shape index (κ1) is 24.6. The van der Waals surface area contributed by atoms with E-state index in [1.54, 1.807) is 24.3 Å². The van der Waals surface area contributed by atoms with Gasteiger partial charge in [-0.1, -0.05) is 18.7 Å². The molecule has 0 radical (unpaired) electrons. The quantitative estimate of drug-likeness (QED) is 0.170. The van der Waals surface area contributed by atoms with Crippen molar-refractivity contribution in [1.82, 2.24) is 0 Å². The van der Waals surface area contributed by atoms with Crippen molar-refractivity contribution in [3.63, 3.8) is 0 Å². The highest BCUT2D eigenvalue weighted by Crippen LogP contribution is 2.25. The Bertz CT molecular complexity index is 1180. The molecule has 8 heteroatoms. The summed E-state index contributed by atoms with van der Waals surface area (Å²) >= 11 is 1.51. The van der Waals surface area contributed by atoms with Gasteiger partial charge in [0.25, 0.3) is 0 Å². The molecule has 0 saturated heterocycles. The van der Waals surface area contributed by atoms with Crippen molar-refractivity contribution in [2.75, 3.05) is 33.5 Å². The molecule has 3 rings (SSSR count). The van der Waals surface area contributed by atoms with Crippen LogP contribution in [0, 0.1) is 0 Å². The van der Waals surface area contributed by atoms with Crippen molar-refractivity contribution in [3.05, 3.63) is 70.9 Å². The lowest BCUT2D eigenvalue weighted by atomic mass is 10.1. The fourth-order valence-corrected chi connectivity index (χ4v) is 4.17. The van der Waals surface area contributed by atoms with E-state index in [1.165, 1.54) is 18.4 Å². The maximum Gasteiger partial charge on any atom is 0.338 e. The predicted octanol–water partition coefficient (Wildman–Crippen LogP) is 4.11. The Balaban J connectivity index is 1.50. The molecule has 0 spiro atoms. The van der Waals surface area contributed by atoms with Gasteiger partial charge in [-0.05, 0) is 43.2 Å². The second-order valence-corrected chi connectivity index (χ2v) is 8.33. The van der Waals surface area contributed by atoms with Crippen LogP contribution in [-0.4, -0.2) is 51.6 Å². The van der Waals surface area contributed by atoms with Gasteiger partial charge in [0.1, 0.15) is 12.7 Å². The van der Waals surface area contributed by atoms with Crippen molar-refractivity contribution < 1.29 is 28.5 Å². The number of unbranched alkanes of at least 4 members (excludes halogenated alkanes) is 1. The van der Waals surface area contributed by atoms with Gasteiger partial charge in [0.05, 0.1) is 18.8 Å². The number of fused-ring (bicyclic) bond motifs is 2. The molecule has 0 aliphatic rings. The SMILES string of the molecule is C=CC(=O)OCCCCOCC(COC(=O)c1ccc2sc3ccccc3c(=O)c2c1)OC. The summed E-state index contributed by atoms with van der Waals surface area (Å²) in [5.41, 5.74) is 0.211. The first-order valence-corrected chi connectivity index (χ1v) is 11.4. The Morgan fingerprint density at radius 1 is 1.00 bits per heavy atom. The first-order valence-electron chi connectivity index (χ1n) is 10.6. The number of benzene rings is 2. The zero-order chi connectivity index (χ0) is 23.6. The molecule has 0 aliphatic carbocycles. The van der Waals surface area contributed by atoms with Gasteiger partial charge < -0.3 is 18.9 Å². The van der Waals surface area contributed by atoms with E-state index in [0.717, 1.165) is 15.5 Å². The molecule has 1 atom stereocenters. The van der Waals surface area contributed by atoms with E-state index < -0.39 is 18.0 Å². The molecule has 0 aliphatic heterocycles. The third kappa shape index (κ3) is 6.71. The standard InChI is InChI=1S/C25H26O7S/c1-3-23(26)31-13-7-6-12-30-15-18(29-2)16-32-25(28)17-10-11-22-20(14-17)24(27)19-8-4-5-9-21(19)33-22/h3-5,8-11,14,18H,1,6-7,12-13,15-16H2,2H3. The Hall–Kier alpha value is -3.07. The predicted molar refractivity (Wildman–Crippen MR) is 128 cm³/mol. The molecule has 0 N–H and O–H groups in total. The summed E-state index contributed by atoms with van der Waals surface area (Å²) in [6, 6.07) is 12.4. The molecule has 0 fully saturated rings. The van der Waals surface area contributed by atoms with Crippen LogP contribution in [0.4, 0.5) is 0 Å². The van der Waals surface area contributed by atoms with Gasteiger partial charge in [-0.25, -0.2) is 9.59 Å². The topological polar surface area (TPSA) is 88.1 Å². The van der Waals surface area contributed by atoms with Gasteiger partial charge in [0.2, 0.25) is 0 Å². The van der Waals surface area contributed by atoms with E-state index in [2.05, 4.69) is 6.58 Å². The van der Waals surface area contributed by atoms with Crippen LogP contribution in [-0.2, 0) is 23.7 Å². The van der Waals surface area contributed by atoms with Gasteiger partial charge in [0.15, 0.2) is 5.43 Å². The smallest absolute Gasteiger partial charge is 0.338 e. The number of carbonyl (C=O) groups is 2. The van der Waals surface area contributed by atoms with E-state index in [-0.39, 0.29) is 18.6 Å². The molecule has 3 aromatic rings. The average molecular weight is 471 g/mol. The molecule has 7 nitrogen and oxygen atoms in total. The summed E-state index contributed by atoms with van der Waals surface area (Å²) in [6.45, 7) is 4.39. The average Bonchev–Trinajstić information content (AvgIpc) is 2.84. The Kier molecular flexibility index (Phi) is 9.12. The van der Waals surface area contributed by atoms with Crippen molar-refractivity contribution >= 4 is 43.4 Å². The lowest BCUT2D eigenvalue weighted by molar-refractivity contribution is -0.137. The van der Waals surface area contributed by atoms with Crippen LogP contribution in [0.3, 0.4) is 0 Å². The second-order valence-electron chi connectivity index (χ2n) is 7.25. The molecule has 33 heavy (non-hydrogen) atoms. The largest absolute Gasteiger partial charge is 0.463 e. The van der Waals surface area contributed by atoms with E-state index in [4.69, 9.17) is 18.9 Å². The highest BCUT2D eigenvalue weighted by atomic mass is 32.1. The Morgan fingerprint density at radius 3 is 2.55 bits per heavy atom. The normalized spacial score (nSPS) is 11.9. The molecule has 1 unspecified atom stereocenters. The van der Waals surface area contributed by atoms with Crippen LogP contribution in [0.15, 0.2) is 59.9 Å². The lowest BCUT2D eigenvalue weighted by Gasteiger charge is -2.16. The summed E-state index contributed by atoms with van der Waals surface area (Å²) in [5.74, 6) is -0.968. The van der Waals surface area contributed by atoms with E-state index in [0.29, 0.717) is 42.4 Å². The fraction of sp³-hybridized carbons (Fsp3) is 0.320. The molecule has 1 aromatic heterocycles.